The molecule has 2 aromatic rings. The Morgan fingerprint density at radius 1 is 1.32 bits per heavy atom. The van der Waals surface area contributed by atoms with Gasteiger partial charge in [0.05, 0.1) is 24.4 Å². The van der Waals surface area contributed by atoms with Crippen molar-refractivity contribution in [3.8, 4) is 11.3 Å². The summed E-state index contributed by atoms with van der Waals surface area (Å²) >= 11 is 1.52. The van der Waals surface area contributed by atoms with Crippen LogP contribution in [0, 0.1) is 0 Å². The minimum absolute atomic E-state index is 0.0618. The van der Waals surface area contributed by atoms with Gasteiger partial charge in [0.2, 0.25) is 0 Å². The lowest BCUT2D eigenvalue weighted by molar-refractivity contribution is 0.212. The van der Waals surface area contributed by atoms with Gasteiger partial charge in [-0.3, -0.25) is 0 Å². The van der Waals surface area contributed by atoms with Crippen molar-refractivity contribution in [2.75, 3.05) is 6.61 Å². The van der Waals surface area contributed by atoms with E-state index in [1.54, 1.807) is 0 Å². The first kappa shape index (κ1) is 16.5. The topological polar surface area (TPSA) is 74.2 Å². The molecule has 0 bridgehead atoms. The maximum Gasteiger partial charge on any atom is 0.315 e. The predicted molar refractivity (Wildman–Crippen MR) is 88.8 cm³/mol. The molecule has 0 aliphatic rings. The molecule has 0 saturated carbocycles. The molecule has 6 heteroatoms. The third-order valence-corrected chi connectivity index (χ3v) is 4.39. The molecular weight excluding hydrogens is 298 g/mol. The molecule has 0 aliphatic heterocycles. The average molecular weight is 319 g/mol. The Morgan fingerprint density at radius 2 is 2.05 bits per heavy atom. The summed E-state index contributed by atoms with van der Waals surface area (Å²) < 4.78 is 0. The van der Waals surface area contributed by atoms with Crippen molar-refractivity contribution in [2.24, 2.45) is 0 Å². The summed E-state index contributed by atoms with van der Waals surface area (Å²) in [7, 11) is 0. The van der Waals surface area contributed by atoms with Gasteiger partial charge in [-0.1, -0.05) is 37.3 Å². The van der Waals surface area contributed by atoms with E-state index in [-0.39, 0.29) is 24.7 Å². The third kappa shape index (κ3) is 4.29. The fourth-order valence-corrected chi connectivity index (χ4v) is 2.83. The molecule has 0 spiro atoms. The van der Waals surface area contributed by atoms with Crippen molar-refractivity contribution in [3.63, 3.8) is 0 Å². The number of hydrogen-bond donors (Lipinski definition) is 3. The maximum absolute atomic E-state index is 11.9. The van der Waals surface area contributed by atoms with Gasteiger partial charge in [0.1, 0.15) is 5.01 Å². The van der Waals surface area contributed by atoms with Crippen LogP contribution in [-0.4, -0.2) is 28.8 Å². The van der Waals surface area contributed by atoms with Gasteiger partial charge in [-0.25, -0.2) is 9.78 Å². The molecule has 1 aromatic carbocycles. The minimum atomic E-state index is -0.287. The molecule has 1 aromatic heterocycles. The first-order chi connectivity index (χ1) is 10.6. The summed E-state index contributed by atoms with van der Waals surface area (Å²) in [6, 6.07) is 9.25. The Hall–Kier alpha value is -1.92. The molecule has 0 aliphatic carbocycles. The number of carbonyl (C=O) groups excluding carboxylic acids is 1. The largest absolute Gasteiger partial charge is 0.394 e. The number of benzene rings is 1. The fourth-order valence-electron chi connectivity index (χ4n) is 1.99. The van der Waals surface area contributed by atoms with Crippen LogP contribution in [0.5, 0.6) is 0 Å². The number of hydrogen-bond acceptors (Lipinski definition) is 4. The molecule has 0 saturated heterocycles. The third-order valence-electron chi connectivity index (χ3n) is 3.36. The van der Waals surface area contributed by atoms with Gasteiger partial charge in [0.25, 0.3) is 0 Å². The highest BCUT2D eigenvalue weighted by molar-refractivity contribution is 7.10. The molecule has 2 amide bonds. The van der Waals surface area contributed by atoms with E-state index in [1.807, 2.05) is 49.6 Å². The van der Waals surface area contributed by atoms with Crippen LogP contribution in [0.4, 0.5) is 4.79 Å². The maximum atomic E-state index is 11.9. The van der Waals surface area contributed by atoms with Crippen molar-refractivity contribution in [1.29, 1.82) is 0 Å². The van der Waals surface area contributed by atoms with Gasteiger partial charge in [-0.05, 0) is 13.3 Å². The van der Waals surface area contributed by atoms with Crippen LogP contribution in [0.25, 0.3) is 11.3 Å². The number of urea groups is 1. The number of thiazole rings is 1. The summed E-state index contributed by atoms with van der Waals surface area (Å²) in [4.78, 5) is 16.5. The van der Waals surface area contributed by atoms with E-state index in [9.17, 15) is 4.79 Å². The van der Waals surface area contributed by atoms with Gasteiger partial charge in [-0.2, -0.15) is 0 Å². The Balaban J connectivity index is 1.97. The molecule has 2 unspecified atom stereocenters. The van der Waals surface area contributed by atoms with E-state index in [0.717, 1.165) is 16.3 Å². The van der Waals surface area contributed by atoms with Crippen molar-refractivity contribution < 1.29 is 9.90 Å². The van der Waals surface area contributed by atoms with E-state index in [4.69, 9.17) is 5.11 Å². The summed E-state index contributed by atoms with van der Waals surface area (Å²) in [5.41, 5.74) is 1.98. The number of amides is 2. The van der Waals surface area contributed by atoms with Crippen LogP contribution in [0.2, 0.25) is 0 Å². The van der Waals surface area contributed by atoms with E-state index in [1.165, 1.54) is 11.3 Å². The van der Waals surface area contributed by atoms with E-state index in [0.29, 0.717) is 6.42 Å². The van der Waals surface area contributed by atoms with Crippen LogP contribution >= 0.6 is 11.3 Å². The zero-order valence-corrected chi connectivity index (χ0v) is 13.6. The summed E-state index contributed by atoms with van der Waals surface area (Å²) in [5, 5.41) is 17.5. The summed E-state index contributed by atoms with van der Waals surface area (Å²) in [6.45, 7) is 3.75. The SMILES string of the molecule is CCC(CO)NC(=O)NC(C)c1nc(-c2ccccc2)cs1. The fraction of sp³-hybridized carbons (Fsp3) is 0.375. The molecule has 1 heterocycles. The van der Waals surface area contributed by atoms with Gasteiger partial charge in [0.15, 0.2) is 0 Å². The van der Waals surface area contributed by atoms with E-state index in [2.05, 4.69) is 15.6 Å². The Bertz CT molecular complexity index is 596. The van der Waals surface area contributed by atoms with Gasteiger partial charge in [-0.15, -0.1) is 11.3 Å². The lowest BCUT2D eigenvalue weighted by atomic mass is 10.2. The number of nitrogens with one attached hydrogen (secondary N) is 2. The highest BCUT2D eigenvalue weighted by atomic mass is 32.1. The van der Waals surface area contributed by atoms with Crippen LogP contribution in [-0.2, 0) is 0 Å². The smallest absolute Gasteiger partial charge is 0.315 e. The number of rotatable bonds is 6. The van der Waals surface area contributed by atoms with Crippen LogP contribution in [0.3, 0.4) is 0 Å². The second kappa shape index (κ2) is 7.91. The Kier molecular flexibility index (Phi) is 5.91. The van der Waals surface area contributed by atoms with Gasteiger partial charge in [0, 0.05) is 10.9 Å². The number of aliphatic hydroxyl groups excluding tert-OH is 1. The highest BCUT2D eigenvalue weighted by Crippen LogP contribution is 2.25. The van der Waals surface area contributed by atoms with E-state index >= 15 is 0 Å². The number of aromatic nitrogens is 1. The normalized spacial score (nSPS) is 13.4. The quantitative estimate of drug-likeness (QED) is 0.766. The van der Waals surface area contributed by atoms with Crippen LogP contribution in [0.1, 0.15) is 31.3 Å². The van der Waals surface area contributed by atoms with Crippen molar-refractivity contribution in [3.05, 3.63) is 40.7 Å². The van der Waals surface area contributed by atoms with E-state index < -0.39 is 0 Å². The first-order valence-electron chi connectivity index (χ1n) is 7.32. The number of aliphatic hydroxyl groups is 1. The van der Waals surface area contributed by atoms with Gasteiger partial charge < -0.3 is 15.7 Å². The predicted octanol–water partition coefficient (Wildman–Crippen LogP) is 2.94. The molecule has 0 radical (unpaired) electrons. The van der Waals surface area contributed by atoms with Crippen molar-refractivity contribution in [2.45, 2.75) is 32.4 Å². The molecule has 2 atom stereocenters. The number of nitrogens with zero attached hydrogens (tertiary/aromatic N) is 1. The second-order valence-corrected chi connectivity index (χ2v) is 5.95. The monoisotopic (exact) mass is 319 g/mol. The van der Waals surface area contributed by atoms with Crippen LogP contribution < -0.4 is 10.6 Å². The molecule has 0 fully saturated rings. The van der Waals surface area contributed by atoms with Crippen molar-refractivity contribution >= 4 is 17.4 Å². The Morgan fingerprint density at radius 3 is 2.68 bits per heavy atom. The zero-order valence-electron chi connectivity index (χ0n) is 12.7. The second-order valence-electron chi connectivity index (χ2n) is 5.06. The molecule has 22 heavy (non-hydrogen) atoms. The van der Waals surface area contributed by atoms with Crippen molar-refractivity contribution in [1.82, 2.24) is 15.6 Å². The number of carbonyl (C=O) groups is 1. The Labute approximate surface area is 134 Å². The standard InChI is InChI=1S/C16H21N3O2S/c1-3-13(9-20)18-16(21)17-11(2)15-19-14(10-22-15)12-7-5-4-6-8-12/h4-8,10-11,13,20H,3,9H2,1-2H3,(H2,17,18,21). The first-order valence-corrected chi connectivity index (χ1v) is 8.20. The molecule has 2 rings (SSSR count). The molecule has 5 nitrogen and oxygen atoms in total. The minimum Gasteiger partial charge on any atom is -0.394 e. The lowest BCUT2D eigenvalue weighted by Crippen LogP contribution is -2.44. The summed E-state index contributed by atoms with van der Waals surface area (Å²) in [6.07, 6.45) is 0.688. The average Bonchev–Trinajstić information content (AvgIpc) is 3.03. The highest BCUT2D eigenvalue weighted by Gasteiger charge is 2.15. The zero-order chi connectivity index (χ0) is 15.9. The summed E-state index contributed by atoms with van der Waals surface area (Å²) in [5.74, 6) is 0. The van der Waals surface area contributed by atoms with Crippen LogP contribution in [0.15, 0.2) is 35.7 Å². The lowest BCUT2D eigenvalue weighted by Gasteiger charge is -2.17. The molecule has 118 valence electrons. The van der Waals surface area contributed by atoms with Gasteiger partial charge >= 0.3 is 6.03 Å². The molecule has 3 N–H and O–H groups in total. The molecular formula is C16H21N3O2S.